The minimum Gasteiger partial charge on any atom is -0.409 e. The number of ether oxygens (including phenoxy) is 1. The van der Waals surface area contributed by atoms with Gasteiger partial charge in [0.05, 0.1) is 11.6 Å². The molecule has 2 rings (SSSR count). The molecule has 0 spiro atoms. The lowest BCUT2D eigenvalue weighted by Crippen LogP contribution is -2.38. The van der Waals surface area contributed by atoms with E-state index in [4.69, 9.17) is 27.3 Å². The van der Waals surface area contributed by atoms with E-state index in [-0.39, 0.29) is 5.84 Å². The molecule has 0 aromatic carbocycles. The second kappa shape index (κ2) is 6.95. The highest BCUT2D eigenvalue weighted by Crippen LogP contribution is 2.38. The van der Waals surface area contributed by atoms with Gasteiger partial charge in [0.1, 0.15) is 5.82 Å². The Morgan fingerprint density at radius 1 is 1.67 bits per heavy atom. The number of oxime groups is 1. The number of halogens is 1. The Balaban J connectivity index is 2.34. The topological polar surface area (TPSA) is 84.0 Å². The molecule has 1 fully saturated rings. The van der Waals surface area contributed by atoms with E-state index in [0.29, 0.717) is 41.5 Å². The van der Waals surface area contributed by atoms with Gasteiger partial charge in [-0.05, 0) is 31.7 Å². The van der Waals surface area contributed by atoms with E-state index >= 15 is 0 Å². The van der Waals surface area contributed by atoms with Gasteiger partial charge in [0.15, 0.2) is 5.84 Å². The van der Waals surface area contributed by atoms with Crippen LogP contribution in [0, 0.1) is 5.92 Å². The van der Waals surface area contributed by atoms with Crippen molar-refractivity contribution in [2.45, 2.75) is 25.8 Å². The second-order valence-electron chi connectivity index (χ2n) is 5.25. The van der Waals surface area contributed by atoms with E-state index in [2.05, 4.69) is 22.0 Å². The molecule has 1 atom stereocenters. The van der Waals surface area contributed by atoms with Gasteiger partial charge in [-0.15, -0.1) is 0 Å². The molecule has 1 aliphatic carbocycles. The van der Waals surface area contributed by atoms with E-state index in [1.165, 1.54) is 12.8 Å². The van der Waals surface area contributed by atoms with Gasteiger partial charge in [-0.1, -0.05) is 16.8 Å². The third-order valence-electron chi connectivity index (χ3n) is 3.86. The molecule has 116 valence electrons. The minimum absolute atomic E-state index is 0.0191. The first-order valence-electron chi connectivity index (χ1n) is 6.98. The smallest absolute Gasteiger partial charge is 0.171 e. The van der Waals surface area contributed by atoms with Crippen molar-refractivity contribution in [2.24, 2.45) is 16.8 Å². The maximum absolute atomic E-state index is 8.84. The summed E-state index contributed by atoms with van der Waals surface area (Å²) in [4.78, 5) is 6.52. The van der Waals surface area contributed by atoms with Crippen LogP contribution in [0.15, 0.2) is 17.4 Å². The van der Waals surface area contributed by atoms with Gasteiger partial charge >= 0.3 is 0 Å². The zero-order valence-electron chi connectivity index (χ0n) is 12.3. The molecule has 6 nitrogen and oxygen atoms in total. The molecular weight excluding hydrogens is 292 g/mol. The van der Waals surface area contributed by atoms with Crippen LogP contribution in [0.25, 0.3) is 0 Å². The predicted molar refractivity (Wildman–Crippen MR) is 83.2 cm³/mol. The maximum atomic E-state index is 8.84. The molecule has 3 N–H and O–H groups in total. The molecule has 1 aliphatic rings. The Morgan fingerprint density at radius 2 is 2.38 bits per heavy atom. The zero-order valence-corrected chi connectivity index (χ0v) is 13.0. The Bertz CT molecular complexity index is 520. The summed E-state index contributed by atoms with van der Waals surface area (Å²) in [5.41, 5.74) is 6.14. The highest BCUT2D eigenvalue weighted by molar-refractivity contribution is 6.36. The van der Waals surface area contributed by atoms with Crippen LogP contribution >= 0.6 is 11.6 Å². The Hall–Kier alpha value is -1.53. The lowest BCUT2D eigenvalue weighted by molar-refractivity contribution is 0.202. The predicted octanol–water partition coefficient (Wildman–Crippen LogP) is 2.08. The van der Waals surface area contributed by atoms with Crippen molar-refractivity contribution in [1.29, 1.82) is 0 Å². The minimum atomic E-state index is -0.0191. The van der Waals surface area contributed by atoms with Crippen LogP contribution in [0.1, 0.15) is 25.3 Å². The molecule has 0 aliphatic heterocycles. The fraction of sp³-hybridized carbons (Fsp3) is 0.571. The maximum Gasteiger partial charge on any atom is 0.171 e. The van der Waals surface area contributed by atoms with E-state index in [1.54, 1.807) is 19.4 Å². The van der Waals surface area contributed by atoms with Gasteiger partial charge in [-0.3, -0.25) is 0 Å². The van der Waals surface area contributed by atoms with Crippen LogP contribution in [0.5, 0.6) is 0 Å². The number of pyridine rings is 1. The summed E-state index contributed by atoms with van der Waals surface area (Å²) in [6, 6.07) is 1.96. The van der Waals surface area contributed by atoms with E-state index < -0.39 is 0 Å². The van der Waals surface area contributed by atoms with Crippen molar-refractivity contribution < 1.29 is 9.94 Å². The highest BCUT2D eigenvalue weighted by atomic mass is 35.5. The lowest BCUT2D eigenvalue weighted by Gasteiger charge is -2.31. The summed E-state index contributed by atoms with van der Waals surface area (Å²) >= 11 is 6.41. The first-order chi connectivity index (χ1) is 10.1. The molecule has 21 heavy (non-hydrogen) atoms. The fourth-order valence-electron chi connectivity index (χ4n) is 2.41. The van der Waals surface area contributed by atoms with E-state index in [9.17, 15) is 0 Å². The summed E-state index contributed by atoms with van der Waals surface area (Å²) in [5, 5.41) is 12.3. The van der Waals surface area contributed by atoms with Crippen LogP contribution in [0.3, 0.4) is 0 Å². The Kier molecular flexibility index (Phi) is 5.25. The summed E-state index contributed by atoms with van der Waals surface area (Å²) in [7, 11) is 1.67. The normalized spacial score (nSPS) is 16.8. The molecule has 1 unspecified atom stereocenters. The van der Waals surface area contributed by atoms with Crippen molar-refractivity contribution in [3.63, 3.8) is 0 Å². The number of hydrogen-bond acceptors (Lipinski definition) is 5. The summed E-state index contributed by atoms with van der Waals surface area (Å²) in [6.45, 7) is 3.45. The number of nitrogens with zero attached hydrogens (tertiary/aromatic N) is 3. The molecular formula is C14H21ClN4O2. The van der Waals surface area contributed by atoms with Gasteiger partial charge < -0.3 is 20.6 Å². The molecule has 1 aromatic heterocycles. The molecule has 0 bridgehead atoms. The van der Waals surface area contributed by atoms with Gasteiger partial charge in [0.2, 0.25) is 0 Å². The molecule has 7 heteroatoms. The molecule has 1 heterocycles. The largest absolute Gasteiger partial charge is 0.409 e. The Morgan fingerprint density at radius 3 is 2.95 bits per heavy atom. The van der Waals surface area contributed by atoms with Crippen molar-refractivity contribution in [3.05, 3.63) is 22.8 Å². The van der Waals surface area contributed by atoms with Crippen molar-refractivity contribution >= 4 is 23.3 Å². The molecule has 1 aromatic rings. The summed E-state index contributed by atoms with van der Waals surface area (Å²) in [5.74, 6) is 1.29. The van der Waals surface area contributed by atoms with Crippen molar-refractivity contribution in [3.8, 4) is 0 Å². The third kappa shape index (κ3) is 3.57. The van der Waals surface area contributed by atoms with Crippen LogP contribution in [0.4, 0.5) is 5.82 Å². The fourth-order valence-corrected chi connectivity index (χ4v) is 2.73. The highest BCUT2D eigenvalue weighted by Gasteiger charge is 2.33. The second-order valence-corrected chi connectivity index (χ2v) is 5.62. The summed E-state index contributed by atoms with van der Waals surface area (Å²) < 4.78 is 5.18. The average Bonchev–Trinajstić information content (AvgIpc) is 3.32. The number of aromatic nitrogens is 1. The lowest BCUT2D eigenvalue weighted by atomic mass is 10.1. The van der Waals surface area contributed by atoms with Crippen LogP contribution < -0.4 is 10.6 Å². The average molecular weight is 313 g/mol. The quantitative estimate of drug-likeness (QED) is 0.348. The third-order valence-corrected chi connectivity index (χ3v) is 4.23. The Labute approximate surface area is 129 Å². The van der Waals surface area contributed by atoms with E-state index in [1.807, 2.05) is 0 Å². The number of amidine groups is 1. The number of methoxy groups -OCH3 is 1. The molecule has 0 saturated heterocycles. The SMILES string of the molecule is COCCN(c1nccc(/C(N)=N/O)c1Cl)C(C)C1CC1. The van der Waals surface area contributed by atoms with Gasteiger partial charge in [-0.25, -0.2) is 4.98 Å². The van der Waals surface area contributed by atoms with Crippen LogP contribution in [-0.4, -0.2) is 42.3 Å². The van der Waals surface area contributed by atoms with Crippen molar-refractivity contribution in [2.75, 3.05) is 25.2 Å². The van der Waals surface area contributed by atoms with Gasteiger partial charge in [0.25, 0.3) is 0 Å². The van der Waals surface area contributed by atoms with Gasteiger partial charge in [-0.2, -0.15) is 0 Å². The first-order valence-corrected chi connectivity index (χ1v) is 7.36. The monoisotopic (exact) mass is 312 g/mol. The summed E-state index contributed by atoms with van der Waals surface area (Å²) in [6.07, 6.45) is 4.07. The number of anilines is 1. The van der Waals surface area contributed by atoms with Crippen LogP contribution in [-0.2, 0) is 4.74 Å². The standard InChI is InChI=1S/C14H21ClN4O2/c1-9(10-3-4-10)19(7-8-21-2)14-12(15)11(5-6-17-14)13(16)18-20/h5-6,9-10,20H,3-4,7-8H2,1-2H3,(H2,16,18). The first kappa shape index (κ1) is 15.9. The zero-order chi connectivity index (χ0) is 15.4. The molecule has 1 saturated carbocycles. The molecule has 0 radical (unpaired) electrons. The van der Waals surface area contributed by atoms with Crippen LogP contribution in [0.2, 0.25) is 5.02 Å². The number of nitrogens with two attached hydrogens (primary N) is 1. The van der Waals surface area contributed by atoms with Crippen molar-refractivity contribution in [1.82, 2.24) is 4.98 Å². The number of hydrogen-bond donors (Lipinski definition) is 2. The number of rotatable bonds is 7. The van der Waals surface area contributed by atoms with E-state index in [0.717, 1.165) is 0 Å². The van der Waals surface area contributed by atoms with Gasteiger partial charge in [0, 0.05) is 31.5 Å². The molecule has 0 amide bonds.